The number of hydrogen-bond donors (Lipinski definition) is 3. The lowest BCUT2D eigenvalue weighted by molar-refractivity contribution is -0.138. The number of carbonyl (C=O) groups excluding carboxylic acids is 4. The number of carboxylic acid groups (broad SMARTS) is 1. The molecule has 0 bridgehead atoms. The fourth-order valence-electron chi connectivity index (χ4n) is 5.12. The van der Waals surface area contributed by atoms with Crippen LogP contribution < -0.4 is 10.1 Å². The van der Waals surface area contributed by atoms with Crippen LogP contribution >= 0.6 is 0 Å². The summed E-state index contributed by atoms with van der Waals surface area (Å²) >= 11 is 0. The fourth-order valence-corrected chi connectivity index (χ4v) is 5.12. The summed E-state index contributed by atoms with van der Waals surface area (Å²) in [6.45, 7) is 3.55. The number of ether oxygens (including phenoxy) is 2. The van der Waals surface area contributed by atoms with Crippen molar-refractivity contribution in [1.82, 2.24) is 25.0 Å². The van der Waals surface area contributed by atoms with Gasteiger partial charge in [-0.05, 0) is 31.9 Å². The minimum atomic E-state index is -1.15. The van der Waals surface area contributed by atoms with Gasteiger partial charge in [-0.25, -0.2) is 9.78 Å². The van der Waals surface area contributed by atoms with E-state index in [4.69, 9.17) is 9.47 Å². The van der Waals surface area contributed by atoms with Gasteiger partial charge in [0.2, 0.25) is 5.91 Å². The number of likely N-dealkylation sites (tertiary alicyclic amines) is 1. The molecule has 2 saturated heterocycles. The van der Waals surface area contributed by atoms with Crippen LogP contribution in [0.2, 0.25) is 0 Å². The van der Waals surface area contributed by atoms with Crippen LogP contribution in [0.1, 0.15) is 36.7 Å². The number of aliphatic hydroxyl groups is 1. The third-order valence-electron chi connectivity index (χ3n) is 7.53. The Kier molecular flexibility index (Phi) is 10.7. The van der Waals surface area contributed by atoms with Gasteiger partial charge < -0.3 is 39.7 Å². The number of benzene rings is 1. The Morgan fingerprint density at radius 1 is 1.05 bits per heavy atom. The van der Waals surface area contributed by atoms with E-state index in [-0.39, 0.29) is 82.1 Å². The van der Waals surface area contributed by atoms with Crippen LogP contribution in [0.5, 0.6) is 5.75 Å². The molecule has 0 radical (unpaired) electrons. The Hall–Kier alpha value is -4.46. The smallest absolute Gasteiger partial charge is 0.409 e. The molecule has 2 fully saturated rings. The summed E-state index contributed by atoms with van der Waals surface area (Å²) in [5.41, 5.74) is 0.366. The van der Waals surface area contributed by atoms with Crippen molar-refractivity contribution in [1.29, 1.82) is 0 Å². The first kappa shape index (κ1) is 31.5. The molecule has 1 aromatic heterocycles. The van der Waals surface area contributed by atoms with Gasteiger partial charge in [-0.3, -0.25) is 19.2 Å². The van der Waals surface area contributed by atoms with Gasteiger partial charge in [-0.2, -0.15) is 0 Å². The Balaban J connectivity index is 1.47. The van der Waals surface area contributed by atoms with Gasteiger partial charge in [0.05, 0.1) is 12.1 Å². The number of pyridine rings is 1. The van der Waals surface area contributed by atoms with Crippen LogP contribution in [-0.4, -0.2) is 125 Å². The number of aromatic nitrogens is 1. The molecule has 4 amide bonds. The number of para-hydroxylation sites is 1. The van der Waals surface area contributed by atoms with E-state index in [1.165, 1.54) is 15.9 Å². The number of piperazine rings is 1. The van der Waals surface area contributed by atoms with Crippen molar-refractivity contribution in [2.24, 2.45) is 5.92 Å². The first-order valence-electron chi connectivity index (χ1n) is 14.3. The summed E-state index contributed by atoms with van der Waals surface area (Å²) in [5, 5.41) is 21.8. The summed E-state index contributed by atoms with van der Waals surface area (Å²) in [4.78, 5) is 71.9. The number of nitrogens with one attached hydrogen (secondary N) is 1. The molecule has 14 heteroatoms. The monoisotopic (exact) mass is 599 g/mol. The zero-order chi connectivity index (χ0) is 30.9. The van der Waals surface area contributed by atoms with Crippen molar-refractivity contribution >= 4 is 40.7 Å². The zero-order valence-corrected chi connectivity index (χ0v) is 24.1. The first-order chi connectivity index (χ1) is 20.7. The summed E-state index contributed by atoms with van der Waals surface area (Å²) in [6, 6.07) is 7.18. The van der Waals surface area contributed by atoms with E-state index in [1.54, 1.807) is 36.1 Å². The molecule has 2 atom stereocenters. The molecule has 2 aliphatic heterocycles. The number of aliphatic carboxylic acids is 1. The number of hydrogen-bond acceptors (Lipinski definition) is 9. The second-order valence-corrected chi connectivity index (χ2v) is 10.5. The maximum absolute atomic E-state index is 13.4. The lowest BCUT2D eigenvalue weighted by atomic mass is 10.1. The summed E-state index contributed by atoms with van der Waals surface area (Å²) in [7, 11) is 0. The van der Waals surface area contributed by atoms with E-state index in [0.717, 1.165) is 0 Å². The molecule has 4 rings (SSSR count). The fraction of sp³-hybridized carbons (Fsp3) is 0.517. The molecule has 2 aromatic rings. The Bertz CT molecular complexity index is 1340. The third kappa shape index (κ3) is 8.09. The van der Waals surface area contributed by atoms with Crippen molar-refractivity contribution in [3.05, 3.63) is 36.0 Å². The number of rotatable bonds is 11. The number of aliphatic hydroxyl groups excluding tert-OH is 1. The van der Waals surface area contributed by atoms with Gasteiger partial charge in [-0.1, -0.05) is 12.1 Å². The van der Waals surface area contributed by atoms with Gasteiger partial charge in [0.1, 0.15) is 17.5 Å². The minimum Gasteiger partial charge on any atom is -0.483 e. The second kappa shape index (κ2) is 14.6. The van der Waals surface area contributed by atoms with Gasteiger partial charge in [-0.15, -0.1) is 0 Å². The zero-order valence-electron chi connectivity index (χ0n) is 24.1. The van der Waals surface area contributed by atoms with E-state index in [2.05, 4.69) is 10.3 Å². The van der Waals surface area contributed by atoms with Crippen LogP contribution in [0.15, 0.2) is 30.3 Å². The van der Waals surface area contributed by atoms with Crippen LogP contribution in [0.4, 0.5) is 4.79 Å². The molecule has 2 aliphatic rings. The number of carbonyl (C=O) groups is 5. The van der Waals surface area contributed by atoms with Gasteiger partial charge in [0, 0.05) is 69.7 Å². The van der Waals surface area contributed by atoms with Crippen LogP contribution in [0.25, 0.3) is 10.9 Å². The van der Waals surface area contributed by atoms with Gasteiger partial charge in [0.25, 0.3) is 11.8 Å². The lowest BCUT2D eigenvalue weighted by Gasteiger charge is -2.35. The van der Waals surface area contributed by atoms with E-state index < -0.39 is 29.9 Å². The highest BCUT2D eigenvalue weighted by atomic mass is 16.6. The second-order valence-electron chi connectivity index (χ2n) is 10.5. The largest absolute Gasteiger partial charge is 0.483 e. The van der Waals surface area contributed by atoms with Crippen LogP contribution in [0.3, 0.4) is 0 Å². The van der Waals surface area contributed by atoms with Gasteiger partial charge in [0.15, 0.2) is 6.61 Å². The molecule has 3 heterocycles. The van der Waals surface area contributed by atoms with Crippen molar-refractivity contribution in [2.45, 2.75) is 32.2 Å². The summed E-state index contributed by atoms with van der Waals surface area (Å²) in [5.74, 6) is -2.24. The van der Waals surface area contributed by atoms with Gasteiger partial charge >= 0.3 is 12.1 Å². The van der Waals surface area contributed by atoms with Crippen molar-refractivity contribution in [3.8, 4) is 5.75 Å². The first-order valence-corrected chi connectivity index (χ1v) is 14.3. The Morgan fingerprint density at radius 3 is 2.44 bits per heavy atom. The molecule has 2 unspecified atom stereocenters. The molecule has 3 N–H and O–H groups in total. The molecule has 0 aliphatic carbocycles. The number of carboxylic acids is 1. The highest BCUT2D eigenvalue weighted by Gasteiger charge is 2.31. The lowest BCUT2D eigenvalue weighted by Crippen LogP contribution is -2.56. The molecular weight excluding hydrogens is 562 g/mol. The van der Waals surface area contributed by atoms with E-state index in [9.17, 15) is 34.2 Å². The quantitative estimate of drug-likeness (QED) is 0.333. The molecule has 14 nitrogen and oxygen atoms in total. The molecular formula is C29H37N5O9. The maximum Gasteiger partial charge on any atom is 0.409 e. The van der Waals surface area contributed by atoms with E-state index in [0.29, 0.717) is 30.4 Å². The maximum atomic E-state index is 13.4. The highest BCUT2D eigenvalue weighted by molar-refractivity contribution is 5.99. The highest BCUT2D eigenvalue weighted by Crippen LogP contribution is 2.26. The third-order valence-corrected chi connectivity index (χ3v) is 7.53. The van der Waals surface area contributed by atoms with Crippen LogP contribution in [0, 0.1) is 5.92 Å². The number of fused-ring (bicyclic) bond motifs is 1. The molecule has 0 saturated carbocycles. The average Bonchev–Trinajstić information content (AvgIpc) is 3.51. The molecule has 1 aromatic carbocycles. The van der Waals surface area contributed by atoms with Crippen molar-refractivity contribution in [2.75, 3.05) is 59.1 Å². The molecule has 0 spiro atoms. The van der Waals surface area contributed by atoms with E-state index >= 15 is 0 Å². The average molecular weight is 600 g/mol. The predicted octanol–water partition coefficient (Wildman–Crippen LogP) is 0.718. The topological polar surface area (TPSA) is 179 Å². The number of amides is 4. The summed E-state index contributed by atoms with van der Waals surface area (Å²) < 4.78 is 10.9. The normalized spacial score (nSPS) is 17.4. The van der Waals surface area contributed by atoms with Crippen molar-refractivity contribution in [3.63, 3.8) is 0 Å². The van der Waals surface area contributed by atoms with Crippen LogP contribution in [-0.2, 0) is 19.1 Å². The SMILES string of the molecule is CCOC(=O)N1CCN(C(=O)C(CCC(=O)O)NC(=O)c2cc(OCC(=O)N3CCC(CO)C3)c3ccccc3n2)CC1. The van der Waals surface area contributed by atoms with E-state index in [1.807, 2.05) is 0 Å². The molecule has 43 heavy (non-hydrogen) atoms. The standard InChI is InChI=1S/C29H37N5O9/c1-2-42-29(41)33-13-11-32(12-14-33)28(40)22(7-8-26(37)38)31-27(39)23-15-24(20-5-3-4-6-21(20)30-23)43-18-25(36)34-10-9-19(16-34)17-35/h3-6,15,19,22,35H,2,7-14,16-18H2,1H3,(H,31,39)(H,37,38). The Morgan fingerprint density at radius 2 is 1.77 bits per heavy atom. The molecule has 232 valence electrons. The predicted molar refractivity (Wildman–Crippen MR) is 152 cm³/mol. The minimum absolute atomic E-state index is 0.0118. The van der Waals surface area contributed by atoms with Crippen molar-refractivity contribution < 1.29 is 43.7 Å². The number of nitrogens with zero attached hydrogens (tertiary/aromatic N) is 4. The Labute approximate surface area is 248 Å². The summed E-state index contributed by atoms with van der Waals surface area (Å²) in [6.07, 6.45) is -0.251.